The number of aromatic nitrogens is 3. The van der Waals surface area contributed by atoms with Crippen LogP contribution in [0.2, 0.25) is 0 Å². The summed E-state index contributed by atoms with van der Waals surface area (Å²) < 4.78 is 0. The number of rotatable bonds is 3. The summed E-state index contributed by atoms with van der Waals surface area (Å²) in [5, 5.41) is 0. The van der Waals surface area contributed by atoms with Gasteiger partial charge in [0.15, 0.2) is 0 Å². The van der Waals surface area contributed by atoms with Crippen molar-refractivity contribution in [1.29, 1.82) is 0 Å². The highest BCUT2D eigenvalue weighted by Gasteiger charge is 2.30. The van der Waals surface area contributed by atoms with Gasteiger partial charge in [0, 0.05) is 26.2 Å². The van der Waals surface area contributed by atoms with Gasteiger partial charge in [-0.15, -0.1) is 0 Å². The predicted octanol–water partition coefficient (Wildman–Crippen LogP) is 2.07. The first-order valence-corrected chi connectivity index (χ1v) is 8.11. The Morgan fingerprint density at radius 1 is 0.952 bits per heavy atom. The molecule has 0 bridgehead atoms. The van der Waals surface area contributed by atoms with Crippen LogP contribution in [0.25, 0.3) is 0 Å². The lowest BCUT2D eigenvalue weighted by molar-refractivity contribution is 0.237. The van der Waals surface area contributed by atoms with Gasteiger partial charge in [-0.2, -0.15) is 15.0 Å². The van der Waals surface area contributed by atoms with Crippen LogP contribution in [-0.2, 0) is 0 Å². The standard InChI is InChI=1S/C15H26N6/c1-3-15(2)6-10-21(11-7-15)14-18-12(16)17-13(19-14)20-8-4-5-9-20/h3-11H2,1-2H3,(H2,16,17,18,19). The van der Waals surface area contributed by atoms with Crippen LogP contribution in [0.1, 0.15) is 46.0 Å². The Kier molecular flexibility index (Phi) is 3.87. The van der Waals surface area contributed by atoms with Crippen molar-refractivity contribution in [1.82, 2.24) is 15.0 Å². The van der Waals surface area contributed by atoms with E-state index >= 15 is 0 Å². The van der Waals surface area contributed by atoms with E-state index in [1.165, 1.54) is 32.1 Å². The fourth-order valence-corrected chi connectivity index (χ4v) is 3.17. The summed E-state index contributed by atoms with van der Waals surface area (Å²) in [4.78, 5) is 17.8. The van der Waals surface area contributed by atoms with Gasteiger partial charge in [-0.3, -0.25) is 0 Å². The summed E-state index contributed by atoms with van der Waals surface area (Å²) in [5.74, 6) is 1.84. The monoisotopic (exact) mass is 290 g/mol. The Morgan fingerprint density at radius 2 is 1.48 bits per heavy atom. The highest BCUT2D eigenvalue weighted by Crippen LogP contribution is 2.35. The predicted molar refractivity (Wildman–Crippen MR) is 85.5 cm³/mol. The maximum Gasteiger partial charge on any atom is 0.231 e. The molecule has 3 heterocycles. The third-order valence-corrected chi connectivity index (χ3v) is 5.12. The van der Waals surface area contributed by atoms with Crippen LogP contribution >= 0.6 is 0 Å². The van der Waals surface area contributed by atoms with Crippen molar-refractivity contribution in [2.24, 2.45) is 5.41 Å². The van der Waals surface area contributed by atoms with Crippen molar-refractivity contribution in [3.8, 4) is 0 Å². The minimum Gasteiger partial charge on any atom is -0.368 e. The molecule has 116 valence electrons. The minimum atomic E-state index is 0.339. The first kappa shape index (κ1) is 14.4. The van der Waals surface area contributed by atoms with Gasteiger partial charge in [0.2, 0.25) is 17.8 Å². The summed E-state index contributed by atoms with van der Waals surface area (Å²) >= 11 is 0. The quantitative estimate of drug-likeness (QED) is 0.919. The van der Waals surface area contributed by atoms with Crippen molar-refractivity contribution < 1.29 is 0 Å². The molecule has 0 unspecified atom stereocenters. The van der Waals surface area contributed by atoms with Gasteiger partial charge in [0.1, 0.15) is 0 Å². The third kappa shape index (κ3) is 3.04. The molecule has 0 atom stereocenters. The zero-order valence-corrected chi connectivity index (χ0v) is 13.2. The second kappa shape index (κ2) is 5.66. The van der Waals surface area contributed by atoms with E-state index in [1.807, 2.05) is 0 Å². The number of piperidine rings is 1. The van der Waals surface area contributed by atoms with Crippen LogP contribution < -0.4 is 15.5 Å². The van der Waals surface area contributed by atoms with E-state index in [-0.39, 0.29) is 0 Å². The molecule has 6 nitrogen and oxygen atoms in total. The van der Waals surface area contributed by atoms with Crippen LogP contribution in [0.5, 0.6) is 0 Å². The summed E-state index contributed by atoms with van der Waals surface area (Å²) in [6.45, 7) is 8.72. The van der Waals surface area contributed by atoms with Gasteiger partial charge < -0.3 is 15.5 Å². The van der Waals surface area contributed by atoms with Gasteiger partial charge >= 0.3 is 0 Å². The molecule has 2 aliphatic heterocycles. The van der Waals surface area contributed by atoms with Gasteiger partial charge in [0.05, 0.1) is 0 Å². The fraction of sp³-hybridized carbons (Fsp3) is 0.800. The van der Waals surface area contributed by atoms with Gasteiger partial charge in [0.25, 0.3) is 0 Å². The molecule has 3 rings (SSSR count). The second-order valence-corrected chi connectivity index (χ2v) is 6.64. The van der Waals surface area contributed by atoms with E-state index in [0.29, 0.717) is 11.4 Å². The van der Waals surface area contributed by atoms with E-state index in [0.717, 1.165) is 38.1 Å². The Balaban J connectivity index is 1.76. The Bertz CT molecular complexity index is 489. The van der Waals surface area contributed by atoms with Crippen molar-refractivity contribution >= 4 is 17.8 Å². The highest BCUT2D eigenvalue weighted by atomic mass is 15.4. The molecule has 0 aromatic carbocycles. The number of hydrogen-bond acceptors (Lipinski definition) is 6. The lowest BCUT2D eigenvalue weighted by Crippen LogP contribution is -2.39. The molecule has 2 N–H and O–H groups in total. The second-order valence-electron chi connectivity index (χ2n) is 6.64. The molecule has 0 aliphatic carbocycles. The molecule has 1 aromatic rings. The summed E-state index contributed by atoms with van der Waals surface area (Å²) in [6, 6.07) is 0. The molecule has 2 fully saturated rings. The molecule has 6 heteroatoms. The zero-order chi connectivity index (χ0) is 14.9. The maximum absolute atomic E-state index is 5.90. The maximum atomic E-state index is 5.90. The Morgan fingerprint density at radius 3 is 2.00 bits per heavy atom. The summed E-state index contributed by atoms with van der Waals surface area (Å²) in [6.07, 6.45) is 6.03. The number of nitrogens with two attached hydrogens (primary N) is 1. The molecule has 1 aromatic heterocycles. The highest BCUT2D eigenvalue weighted by molar-refractivity contribution is 5.44. The molecule has 0 spiro atoms. The average Bonchev–Trinajstić information content (AvgIpc) is 3.02. The lowest BCUT2D eigenvalue weighted by Gasteiger charge is -2.39. The SMILES string of the molecule is CCC1(C)CCN(c2nc(N)nc(N3CCCC3)n2)CC1. The Labute approximate surface area is 126 Å². The van der Waals surface area contributed by atoms with Gasteiger partial charge in [-0.25, -0.2) is 0 Å². The Hall–Kier alpha value is -1.59. The summed E-state index contributed by atoms with van der Waals surface area (Å²) in [5.41, 5.74) is 6.36. The first-order valence-electron chi connectivity index (χ1n) is 8.11. The molecular formula is C15H26N6. The molecular weight excluding hydrogens is 264 g/mol. The van der Waals surface area contributed by atoms with Crippen LogP contribution in [0, 0.1) is 5.41 Å². The van der Waals surface area contributed by atoms with Crippen molar-refractivity contribution in [3.63, 3.8) is 0 Å². The topological polar surface area (TPSA) is 71.2 Å². The third-order valence-electron chi connectivity index (χ3n) is 5.12. The zero-order valence-electron chi connectivity index (χ0n) is 13.2. The smallest absolute Gasteiger partial charge is 0.231 e. The molecule has 0 radical (unpaired) electrons. The van der Waals surface area contributed by atoms with E-state index in [2.05, 4.69) is 38.6 Å². The van der Waals surface area contributed by atoms with E-state index < -0.39 is 0 Å². The molecule has 2 saturated heterocycles. The van der Waals surface area contributed by atoms with Crippen molar-refractivity contribution in [3.05, 3.63) is 0 Å². The number of anilines is 3. The molecule has 0 amide bonds. The lowest BCUT2D eigenvalue weighted by atomic mass is 9.78. The van der Waals surface area contributed by atoms with Crippen LogP contribution in [0.4, 0.5) is 17.8 Å². The van der Waals surface area contributed by atoms with E-state index in [1.54, 1.807) is 0 Å². The number of hydrogen-bond donors (Lipinski definition) is 1. The van der Waals surface area contributed by atoms with E-state index in [9.17, 15) is 0 Å². The molecule has 0 saturated carbocycles. The van der Waals surface area contributed by atoms with Crippen molar-refractivity contribution in [2.45, 2.75) is 46.0 Å². The first-order chi connectivity index (χ1) is 10.1. The average molecular weight is 290 g/mol. The summed E-state index contributed by atoms with van der Waals surface area (Å²) in [7, 11) is 0. The fourth-order valence-electron chi connectivity index (χ4n) is 3.17. The van der Waals surface area contributed by atoms with Crippen LogP contribution in [0.15, 0.2) is 0 Å². The molecule has 2 aliphatic rings. The minimum absolute atomic E-state index is 0.339. The molecule has 21 heavy (non-hydrogen) atoms. The normalized spacial score (nSPS) is 21.8. The van der Waals surface area contributed by atoms with E-state index in [4.69, 9.17) is 5.73 Å². The van der Waals surface area contributed by atoms with Crippen LogP contribution in [-0.4, -0.2) is 41.1 Å². The number of nitrogens with zero attached hydrogens (tertiary/aromatic N) is 5. The number of nitrogen functional groups attached to an aromatic ring is 1. The van der Waals surface area contributed by atoms with Gasteiger partial charge in [-0.05, 0) is 31.1 Å². The van der Waals surface area contributed by atoms with Crippen LogP contribution in [0.3, 0.4) is 0 Å². The largest absolute Gasteiger partial charge is 0.368 e. The van der Waals surface area contributed by atoms with Gasteiger partial charge in [-0.1, -0.05) is 20.3 Å². The van der Waals surface area contributed by atoms with Crippen molar-refractivity contribution in [2.75, 3.05) is 41.7 Å².